The first-order valence-corrected chi connectivity index (χ1v) is 22.7. The van der Waals surface area contributed by atoms with Gasteiger partial charge in [-0.1, -0.05) is 61.3 Å². The zero-order valence-electron chi connectivity index (χ0n) is 40.4. The largest absolute Gasteiger partial charge is 0.338 e. The lowest BCUT2D eigenvalue weighted by Crippen LogP contribution is -2.67. The van der Waals surface area contributed by atoms with Crippen LogP contribution in [-0.2, 0) is 0 Å². The maximum Gasteiger partial charge on any atom is 0.230 e. The van der Waals surface area contributed by atoms with Gasteiger partial charge < -0.3 is 9.80 Å². The highest BCUT2D eigenvalue weighted by Crippen LogP contribution is 2.47. The van der Waals surface area contributed by atoms with E-state index in [2.05, 4.69) is 170 Å². The molecule has 320 valence electrons. The second-order valence-electron chi connectivity index (χ2n) is 21.5. The molecule has 0 saturated carbocycles. The van der Waals surface area contributed by atoms with Crippen LogP contribution in [-0.4, -0.2) is 109 Å². The first-order chi connectivity index (χ1) is 25.2. The fourth-order valence-corrected chi connectivity index (χ4v) is 11.0. The van der Waals surface area contributed by atoms with Gasteiger partial charge in [-0.15, -0.1) is 0 Å². The van der Waals surface area contributed by atoms with Crippen LogP contribution in [0.15, 0.2) is 0 Å². The van der Waals surface area contributed by atoms with Gasteiger partial charge in [-0.25, -0.2) is 0 Å². The normalized spacial score (nSPS) is 32.5. The smallest absolute Gasteiger partial charge is 0.230 e. The Kier molecular flexibility index (Phi) is 15.5. The molecule has 3 aliphatic rings. The topological polar surface area (TPSA) is 54.9 Å². The van der Waals surface area contributed by atoms with E-state index in [0.717, 1.165) is 87.6 Å². The Labute approximate surface area is 342 Å². The Hall–Kier alpha value is -1.51. The number of unbranched alkanes of at least 4 members (excludes halogenated alkanes) is 2. The molecule has 1 aromatic heterocycles. The quantitative estimate of drug-likeness (QED) is 0.208. The van der Waals surface area contributed by atoms with Crippen molar-refractivity contribution < 1.29 is 0 Å². The molecule has 6 atom stereocenters. The van der Waals surface area contributed by atoms with Crippen molar-refractivity contribution in [1.29, 1.82) is 0 Å². The van der Waals surface area contributed by atoms with Gasteiger partial charge >= 0.3 is 0 Å². The molecule has 4 heterocycles. The molecule has 0 amide bonds. The summed E-state index contributed by atoms with van der Waals surface area (Å²) in [7, 11) is 6.91. The van der Waals surface area contributed by atoms with E-state index in [1.54, 1.807) is 0 Å². The third kappa shape index (κ3) is 9.86. The van der Waals surface area contributed by atoms with Crippen molar-refractivity contribution in [3.05, 3.63) is 5.82 Å². The molecule has 0 spiro atoms. The molecule has 0 radical (unpaired) electrons. The minimum Gasteiger partial charge on any atom is -0.338 e. The number of anilines is 2. The first-order valence-electron chi connectivity index (χ1n) is 22.7. The number of hydrogen-bond acceptors (Lipinski definition) is 8. The summed E-state index contributed by atoms with van der Waals surface area (Å²) in [6, 6.07) is 0.763. The van der Waals surface area contributed by atoms with E-state index in [0.29, 0.717) is 29.1 Å². The van der Waals surface area contributed by atoms with Crippen LogP contribution in [0.1, 0.15) is 188 Å². The van der Waals surface area contributed by atoms with Gasteiger partial charge in [0, 0.05) is 58.4 Å². The molecule has 8 heteroatoms. The zero-order chi connectivity index (χ0) is 42.1. The van der Waals surface area contributed by atoms with Crippen molar-refractivity contribution in [2.75, 3.05) is 44.0 Å². The van der Waals surface area contributed by atoms with Crippen LogP contribution in [0.4, 0.5) is 11.9 Å². The van der Waals surface area contributed by atoms with E-state index in [4.69, 9.17) is 15.0 Å². The molecule has 0 bridgehead atoms. The predicted molar refractivity (Wildman–Crippen MR) is 240 cm³/mol. The standard InChI is InChI=1S/C33H63N7.C14H29N/c1-15-17-19-39(26-21-30(5,6)37(13)31(7,8)22-26)28-34-25(4)35-29(36-28)40(20-18-16-2)27-23-32(9,10)38(14)33(11,12)24(27)3;1-8-13(5)10-11(3)12(4)14(6,9-2)15(13)7/h24,26-27H,15-23H2,1-14H3;11-12H,8-10H2,1-7H3. The van der Waals surface area contributed by atoms with Crippen molar-refractivity contribution in [2.45, 2.75) is 234 Å². The summed E-state index contributed by atoms with van der Waals surface area (Å²) in [5.41, 5.74) is 1.15. The van der Waals surface area contributed by atoms with Crippen LogP contribution in [0.3, 0.4) is 0 Å². The average Bonchev–Trinajstić information content (AvgIpc) is 3.10. The third-order valence-electron chi connectivity index (χ3n) is 16.7. The Morgan fingerprint density at radius 1 is 0.582 bits per heavy atom. The minimum absolute atomic E-state index is 0.0697. The van der Waals surface area contributed by atoms with Gasteiger partial charge in [-0.05, 0) is 166 Å². The van der Waals surface area contributed by atoms with Gasteiger partial charge in [0.05, 0.1) is 0 Å². The Bertz CT molecular complexity index is 1350. The summed E-state index contributed by atoms with van der Waals surface area (Å²) in [6.07, 6.45) is 11.7. The SMILES string of the molecule is CCC1(C)CC(C)C(C)C(C)(CC)N1C.CCCCN(c1nc(C)nc(N(CCCC)C2CC(C)(C)N(C)C(C)(C)C2C)n1)C1CC(C)(C)N(C)C(C)(C)C1. The molecular weight excluding hydrogens is 677 g/mol. The fraction of sp³-hybridized carbons (Fsp3) is 0.936. The molecule has 0 aromatic carbocycles. The number of hydrogen-bond donors (Lipinski definition) is 0. The van der Waals surface area contributed by atoms with Crippen molar-refractivity contribution in [3.63, 3.8) is 0 Å². The summed E-state index contributed by atoms with van der Waals surface area (Å²) in [5, 5.41) is 0. The molecule has 3 fully saturated rings. The monoisotopic (exact) mass is 769 g/mol. The zero-order valence-corrected chi connectivity index (χ0v) is 40.4. The summed E-state index contributed by atoms with van der Waals surface area (Å²) in [6.45, 7) is 44.6. The number of likely N-dealkylation sites (tertiary alicyclic amines) is 3. The number of rotatable bonds is 12. The molecule has 4 rings (SSSR count). The summed E-state index contributed by atoms with van der Waals surface area (Å²) < 4.78 is 0. The maximum absolute atomic E-state index is 5.36. The van der Waals surface area contributed by atoms with Crippen molar-refractivity contribution in [1.82, 2.24) is 29.7 Å². The van der Waals surface area contributed by atoms with Crippen LogP contribution in [0.5, 0.6) is 0 Å². The van der Waals surface area contributed by atoms with Crippen molar-refractivity contribution >= 4 is 11.9 Å². The second-order valence-corrected chi connectivity index (χ2v) is 21.5. The molecule has 3 aliphatic heterocycles. The summed E-state index contributed by atoms with van der Waals surface area (Å²) in [5.74, 6) is 4.68. The Morgan fingerprint density at radius 2 is 1.05 bits per heavy atom. The van der Waals surface area contributed by atoms with Crippen LogP contribution in [0, 0.1) is 24.7 Å². The van der Waals surface area contributed by atoms with E-state index in [1.165, 1.54) is 19.3 Å². The Morgan fingerprint density at radius 3 is 1.53 bits per heavy atom. The summed E-state index contributed by atoms with van der Waals surface area (Å²) >= 11 is 0. The molecule has 3 saturated heterocycles. The lowest BCUT2D eigenvalue weighted by molar-refractivity contribution is -0.0881. The fourth-order valence-electron chi connectivity index (χ4n) is 11.0. The predicted octanol–water partition coefficient (Wildman–Crippen LogP) is 10.9. The number of aromatic nitrogens is 3. The summed E-state index contributed by atoms with van der Waals surface area (Å²) in [4.78, 5) is 28.3. The van der Waals surface area contributed by atoms with E-state index in [1.807, 2.05) is 0 Å². The molecule has 6 unspecified atom stereocenters. The molecular formula is C47H92N8. The minimum atomic E-state index is 0.0697. The highest BCUT2D eigenvalue weighted by Gasteiger charge is 2.51. The van der Waals surface area contributed by atoms with Crippen LogP contribution in [0.2, 0.25) is 0 Å². The molecule has 0 aliphatic carbocycles. The van der Waals surface area contributed by atoms with E-state index in [-0.39, 0.29) is 22.2 Å². The Balaban J connectivity index is 0.000000452. The van der Waals surface area contributed by atoms with E-state index < -0.39 is 0 Å². The van der Waals surface area contributed by atoms with Crippen molar-refractivity contribution in [2.24, 2.45) is 17.8 Å². The van der Waals surface area contributed by atoms with Gasteiger partial charge in [-0.3, -0.25) is 14.7 Å². The highest BCUT2D eigenvalue weighted by atomic mass is 15.4. The highest BCUT2D eigenvalue weighted by molar-refractivity contribution is 5.42. The third-order valence-corrected chi connectivity index (χ3v) is 16.7. The average molecular weight is 769 g/mol. The molecule has 1 aromatic rings. The van der Waals surface area contributed by atoms with Crippen LogP contribution in [0.25, 0.3) is 0 Å². The van der Waals surface area contributed by atoms with Crippen LogP contribution >= 0.6 is 0 Å². The van der Waals surface area contributed by atoms with Gasteiger partial charge in [-0.2, -0.15) is 15.0 Å². The maximum atomic E-state index is 5.36. The number of piperidine rings is 3. The number of aryl methyl sites for hydroxylation is 1. The second kappa shape index (κ2) is 17.8. The van der Waals surface area contributed by atoms with Gasteiger partial charge in [0.2, 0.25) is 11.9 Å². The lowest BCUT2D eigenvalue weighted by Gasteiger charge is -2.59. The molecule has 8 nitrogen and oxygen atoms in total. The van der Waals surface area contributed by atoms with Gasteiger partial charge in [0.1, 0.15) is 5.82 Å². The first kappa shape index (κ1) is 47.9. The molecule has 55 heavy (non-hydrogen) atoms. The van der Waals surface area contributed by atoms with Crippen molar-refractivity contribution in [3.8, 4) is 0 Å². The van der Waals surface area contributed by atoms with E-state index >= 15 is 0 Å². The molecule has 0 N–H and O–H groups in total. The van der Waals surface area contributed by atoms with Crippen LogP contribution < -0.4 is 9.80 Å². The van der Waals surface area contributed by atoms with Gasteiger partial charge in [0.25, 0.3) is 0 Å². The number of nitrogens with zero attached hydrogens (tertiary/aromatic N) is 8. The van der Waals surface area contributed by atoms with E-state index in [9.17, 15) is 0 Å². The van der Waals surface area contributed by atoms with Gasteiger partial charge in [0.15, 0.2) is 0 Å². The lowest BCUT2D eigenvalue weighted by atomic mass is 9.65.